The first-order valence-corrected chi connectivity index (χ1v) is 11.0. The lowest BCUT2D eigenvalue weighted by Gasteiger charge is -2.07. The van der Waals surface area contributed by atoms with Crippen molar-refractivity contribution in [3.05, 3.63) is 58.0 Å². The number of carbonyl (C=O) groups excluding carboxylic acids is 1. The molecule has 0 radical (unpaired) electrons. The minimum Gasteiger partial charge on any atom is -0.453 e. The molecule has 2 aromatic heterocycles. The third-order valence-electron chi connectivity index (χ3n) is 4.19. The van der Waals surface area contributed by atoms with Crippen LogP contribution in [0.4, 0.5) is 5.69 Å². The second-order valence-corrected chi connectivity index (χ2v) is 8.48. The predicted molar refractivity (Wildman–Crippen MR) is 119 cm³/mol. The number of nitrogens with zero attached hydrogens (tertiary/aromatic N) is 3. The van der Waals surface area contributed by atoms with E-state index in [1.807, 2.05) is 35.8 Å². The first-order chi connectivity index (χ1) is 14.0. The summed E-state index contributed by atoms with van der Waals surface area (Å²) in [4.78, 5) is 12.3. The highest BCUT2D eigenvalue weighted by atomic mass is 79.9. The van der Waals surface area contributed by atoms with Crippen LogP contribution in [0, 0.1) is 0 Å². The van der Waals surface area contributed by atoms with Crippen LogP contribution in [0.3, 0.4) is 0 Å². The van der Waals surface area contributed by atoms with Crippen molar-refractivity contribution in [1.82, 2.24) is 14.8 Å². The van der Waals surface area contributed by atoms with Gasteiger partial charge in [-0.3, -0.25) is 9.36 Å². The second kappa shape index (κ2) is 8.61. The van der Waals surface area contributed by atoms with Crippen molar-refractivity contribution in [2.24, 2.45) is 0 Å². The number of hydrogen-bond acceptors (Lipinski definition) is 5. The molecule has 0 aliphatic rings. The highest BCUT2D eigenvalue weighted by Gasteiger charge is 2.18. The van der Waals surface area contributed by atoms with E-state index >= 15 is 0 Å². The molecule has 0 aliphatic carbocycles. The fourth-order valence-corrected chi connectivity index (χ4v) is 4.15. The molecule has 1 amide bonds. The normalized spacial score (nSPS) is 11.1. The molecule has 29 heavy (non-hydrogen) atoms. The maximum absolute atomic E-state index is 12.3. The van der Waals surface area contributed by atoms with Gasteiger partial charge in [0.15, 0.2) is 10.9 Å². The summed E-state index contributed by atoms with van der Waals surface area (Å²) in [5.41, 5.74) is 1.48. The number of halogens is 2. The molecule has 148 valence electrons. The maximum atomic E-state index is 12.3. The van der Waals surface area contributed by atoms with Gasteiger partial charge in [-0.05, 0) is 55.5 Å². The number of carbonyl (C=O) groups is 1. The minimum atomic E-state index is -0.127. The molecular weight excluding hydrogens is 476 g/mol. The van der Waals surface area contributed by atoms with Gasteiger partial charge in [0.1, 0.15) is 5.58 Å². The Hall–Kier alpha value is -2.29. The van der Waals surface area contributed by atoms with Crippen molar-refractivity contribution in [1.29, 1.82) is 0 Å². The zero-order chi connectivity index (χ0) is 20.4. The van der Waals surface area contributed by atoms with Crippen LogP contribution < -0.4 is 5.32 Å². The van der Waals surface area contributed by atoms with Crippen molar-refractivity contribution in [3.63, 3.8) is 0 Å². The molecule has 6 nitrogen and oxygen atoms in total. The number of nitrogens with one attached hydrogen (secondary N) is 1. The number of fused-ring (bicyclic) bond motifs is 1. The molecule has 0 saturated carbocycles. The Labute approximate surface area is 184 Å². The van der Waals surface area contributed by atoms with E-state index in [1.54, 1.807) is 24.3 Å². The van der Waals surface area contributed by atoms with Crippen LogP contribution in [-0.4, -0.2) is 26.4 Å². The fraction of sp³-hybridized carbons (Fsp3) is 0.150. The second-order valence-electron chi connectivity index (χ2n) is 6.19. The Bertz CT molecular complexity index is 1170. The Balaban J connectivity index is 1.49. The molecule has 1 N–H and O–H groups in total. The third kappa shape index (κ3) is 4.49. The van der Waals surface area contributed by atoms with Crippen molar-refractivity contribution >= 4 is 61.9 Å². The van der Waals surface area contributed by atoms with Gasteiger partial charge in [-0.25, -0.2) is 0 Å². The fourth-order valence-electron chi connectivity index (χ4n) is 2.85. The Morgan fingerprint density at radius 3 is 2.76 bits per heavy atom. The molecular formula is C20H16BrClN4O2S. The number of rotatable bonds is 6. The van der Waals surface area contributed by atoms with Crippen molar-refractivity contribution in [2.75, 3.05) is 11.1 Å². The minimum absolute atomic E-state index is 0.127. The van der Waals surface area contributed by atoms with E-state index < -0.39 is 0 Å². The van der Waals surface area contributed by atoms with E-state index in [-0.39, 0.29) is 11.7 Å². The SMILES string of the molecule is CCn1c(SCC(=O)Nc2ccc(Cl)cc2)nnc1-c1cc2cc(Br)ccc2o1. The number of furan rings is 1. The lowest BCUT2D eigenvalue weighted by atomic mass is 10.2. The summed E-state index contributed by atoms with van der Waals surface area (Å²) in [5.74, 6) is 1.37. The average Bonchev–Trinajstić information content (AvgIpc) is 3.31. The van der Waals surface area contributed by atoms with E-state index in [1.165, 1.54) is 11.8 Å². The van der Waals surface area contributed by atoms with Crippen molar-refractivity contribution in [2.45, 2.75) is 18.6 Å². The van der Waals surface area contributed by atoms with Gasteiger partial charge in [0.2, 0.25) is 11.7 Å². The summed E-state index contributed by atoms with van der Waals surface area (Å²) in [6.07, 6.45) is 0. The first kappa shape index (κ1) is 20.0. The summed E-state index contributed by atoms with van der Waals surface area (Å²) in [7, 11) is 0. The zero-order valence-corrected chi connectivity index (χ0v) is 18.5. The quantitative estimate of drug-likeness (QED) is 0.342. The summed E-state index contributed by atoms with van der Waals surface area (Å²) < 4.78 is 8.86. The van der Waals surface area contributed by atoms with Crippen molar-refractivity contribution < 1.29 is 9.21 Å². The van der Waals surface area contributed by atoms with Crippen LogP contribution in [-0.2, 0) is 11.3 Å². The molecule has 0 saturated heterocycles. The number of amides is 1. The third-order valence-corrected chi connectivity index (χ3v) is 5.90. The van der Waals surface area contributed by atoms with E-state index in [0.29, 0.717) is 34.0 Å². The first-order valence-electron chi connectivity index (χ1n) is 8.84. The van der Waals surface area contributed by atoms with Crippen LogP contribution >= 0.6 is 39.3 Å². The highest BCUT2D eigenvalue weighted by Crippen LogP contribution is 2.30. The van der Waals surface area contributed by atoms with Gasteiger partial charge in [-0.15, -0.1) is 10.2 Å². The lowest BCUT2D eigenvalue weighted by Crippen LogP contribution is -2.14. The number of hydrogen-bond donors (Lipinski definition) is 1. The zero-order valence-electron chi connectivity index (χ0n) is 15.4. The lowest BCUT2D eigenvalue weighted by molar-refractivity contribution is -0.113. The van der Waals surface area contributed by atoms with Gasteiger partial charge in [0.25, 0.3) is 0 Å². The molecule has 0 bridgehead atoms. The monoisotopic (exact) mass is 490 g/mol. The molecule has 0 spiro atoms. The summed E-state index contributed by atoms with van der Waals surface area (Å²) in [5, 5.41) is 13.6. The topological polar surface area (TPSA) is 73.0 Å². The number of benzene rings is 2. The van der Waals surface area contributed by atoms with Gasteiger partial charge >= 0.3 is 0 Å². The molecule has 4 rings (SSSR count). The summed E-state index contributed by atoms with van der Waals surface area (Å²) in [6, 6.07) is 14.8. The van der Waals surface area contributed by atoms with Crippen LogP contribution in [0.25, 0.3) is 22.6 Å². The van der Waals surface area contributed by atoms with Crippen molar-refractivity contribution in [3.8, 4) is 11.6 Å². The van der Waals surface area contributed by atoms with Gasteiger partial charge in [0.05, 0.1) is 5.75 Å². The molecule has 0 unspecified atom stereocenters. The van der Waals surface area contributed by atoms with Crippen LogP contribution in [0.5, 0.6) is 0 Å². The summed E-state index contributed by atoms with van der Waals surface area (Å²) >= 11 is 10.7. The van der Waals surface area contributed by atoms with E-state index in [0.717, 1.165) is 15.4 Å². The number of aromatic nitrogens is 3. The van der Waals surface area contributed by atoms with Crippen LogP contribution in [0.15, 0.2) is 62.6 Å². The predicted octanol–water partition coefficient (Wildman–Crippen LogP) is 5.86. The van der Waals surface area contributed by atoms with Gasteiger partial charge in [-0.1, -0.05) is 39.3 Å². The Morgan fingerprint density at radius 2 is 2.00 bits per heavy atom. The van der Waals surface area contributed by atoms with Crippen LogP contribution in [0.2, 0.25) is 5.02 Å². The highest BCUT2D eigenvalue weighted by molar-refractivity contribution is 9.10. The molecule has 2 aromatic carbocycles. The standard InChI is InChI=1S/C20H16BrClN4O2S/c1-2-26-19(17-10-12-9-13(21)3-8-16(12)28-17)24-25-20(26)29-11-18(27)23-15-6-4-14(22)5-7-15/h3-10H,2,11H2,1H3,(H,23,27). The Kier molecular flexibility index (Phi) is 5.94. The molecule has 4 aromatic rings. The van der Waals surface area contributed by atoms with E-state index in [9.17, 15) is 4.79 Å². The molecule has 0 fully saturated rings. The molecule has 0 aliphatic heterocycles. The number of thioether (sulfide) groups is 1. The molecule has 2 heterocycles. The van der Waals surface area contributed by atoms with E-state index in [4.69, 9.17) is 16.0 Å². The molecule has 9 heteroatoms. The Morgan fingerprint density at radius 1 is 1.21 bits per heavy atom. The largest absolute Gasteiger partial charge is 0.453 e. The van der Waals surface area contributed by atoms with Crippen LogP contribution in [0.1, 0.15) is 6.92 Å². The van der Waals surface area contributed by atoms with Gasteiger partial charge in [-0.2, -0.15) is 0 Å². The van der Waals surface area contributed by atoms with Gasteiger partial charge < -0.3 is 9.73 Å². The summed E-state index contributed by atoms with van der Waals surface area (Å²) in [6.45, 7) is 2.66. The van der Waals surface area contributed by atoms with E-state index in [2.05, 4.69) is 31.4 Å². The smallest absolute Gasteiger partial charge is 0.234 e. The maximum Gasteiger partial charge on any atom is 0.234 e. The van der Waals surface area contributed by atoms with Gasteiger partial charge in [0, 0.05) is 27.1 Å². The molecule has 0 atom stereocenters. The average molecular weight is 492 g/mol. The number of anilines is 1.